The zero-order valence-corrected chi connectivity index (χ0v) is 11.9. The van der Waals surface area contributed by atoms with E-state index in [0.29, 0.717) is 6.04 Å². The molecule has 2 rings (SSSR count). The summed E-state index contributed by atoms with van der Waals surface area (Å²) in [5, 5.41) is 6.24. The first-order chi connectivity index (χ1) is 8.50. The molecule has 18 heavy (non-hydrogen) atoms. The van der Waals surface area contributed by atoms with Gasteiger partial charge >= 0.3 is 0 Å². The molecule has 1 aromatic heterocycles. The largest absolute Gasteiger partial charge is 0.381 e. The number of nitrogens with one attached hydrogen (secondary N) is 1. The number of halogens is 1. The minimum Gasteiger partial charge on any atom is -0.381 e. The third kappa shape index (κ3) is 2.36. The molecule has 0 spiro atoms. The van der Waals surface area contributed by atoms with Gasteiger partial charge in [0, 0.05) is 30.9 Å². The van der Waals surface area contributed by atoms with Crippen LogP contribution < -0.4 is 10.2 Å². The zero-order valence-electron chi connectivity index (χ0n) is 11.2. The van der Waals surface area contributed by atoms with E-state index >= 15 is 0 Å². The molecule has 1 heterocycles. The molecule has 0 radical (unpaired) electrons. The minimum absolute atomic E-state index is 0.360. The number of hydrogen-bond donors (Lipinski definition) is 1. The summed E-state index contributed by atoms with van der Waals surface area (Å²) >= 11 is 6.32. The SMILES string of the molecule is CC(C)Nc1cnc(N(C)C)c2c(Cl)cccc12. The number of hydrogen-bond acceptors (Lipinski definition) is 3. The summed E-state index contributed by atoms with van der Waals surface area (Å²) in [6, 6.07) is 6.30. The summed E-state index contributed by atoms with van der Waals surface area (Å²) in [6.07, 6.45) is 1.87. The molecule has 0 bridgehead atoms. The molecule has 0 aliphatic rings. The van der Waals surface area contributed by atoms with Crippen molar-refractivity contribution >= 4 is 33.9 Å². The van der Waals surface area contributed by atoms with Crippen LogP contribution in [0.25, 0.3) is 10.8 Å². The predicted molar refractivity (Wildman–Crippen MR) is 79.8 cm³/mol. The number of benzene rings is 1. The van der Waals surface area contributed by atoms with E-state index in [-0.39, 0.29) is 0 Å². The molecule has 0 aliphatic heterocycles. The van der Waals surface area contributed by atoms with Gasteiger partial charge in [-0.25, -0.2) is 4.98 Å². The van der Waals surface area contributed by atoms with Crippen LogP contribution >= 0.6 is 11.6 Å². The molecule has 1 N–H and O–H groups in total. The molecule has 0 saturated heterocycles. The smallest absolute Gasteiger partial charge is 0.137 e. The number of pyridine rings is 1. The lowest BCUT2D eigenvalue weighted by Gasteiger charge is -2.18. The third-order valence-corrected chi connectivity index (χ3v) is 3.03. The Kier molecular flexibility index (Phi) is 3.62. The fourth-order valence-electron chi connectivity index (χ4n) is 2.00. The molecule has 2 aromatic rings. The third-order valence-electron chi connectivity index (χ3n) is 2.71. The highest BCUT2D eigenvalue weighted by molar-refractivity contribution is 6.37. The quantitative estimate of drug-likeness (QED) is 0.914. The van der Waals surface area contributed by atoms with E-state index in [1.54, 1.807) is 0 Å². The molecule has 3 nitrogen and oxygen atoms in total. The first kappa shape index (κ1) is 13.0. The van der Waals surface area contributed by atoms with Gasteiger partial charge in [-0.3, -0.25) is 0 Å². The van der Waals surface area contributed by atoms with Crippen LogP contribution in [0.15, 0.2) is 24.4 Å². The van der Waals surface area contributed by atoms with Crippen LogP contribution in [0.4, 0.5) is 11.5 Å². The normalized spacial score (nSPS) is 11.0. The van der Waals surface area contributed by atoms with Crippen molar-refractivity contribution in [2.75, 3.05) is 24.3 Å². The Morgan fingerprint density at radius 1 is 1.28 bits per heavy atom. The number of fused-ring (bicyclic) bond motifs is 1. The molecule has 1 aromatic carbocycles. The van der Waals surface area contributed by atoms with Crippen LogP contribution in [-0.2, 0) is 0 Å². The number of aromatic nitrogens is 1. The molecule has 0 amide bonds. The summed E-state index contributed by atoms with van der Waals surface area (Å²) < 4.78 is 0. The molecular formula is C14H18ClN3. The average molecular weight is 264 g/mol. The summed E-state index contributed by atoms with van der Waals surface area (Å²) in [6.45, 7) is 4.21. The van der Waals surface area contributed by atoms with Crippen molar-refractivity contribution in [3.63, 3.8) is 0 Å². The highest BCUT2D eigenvalue weighted by atomic mass is 35.5. The van der Waals surface area contributed by atoms with E-state index in [1.165, 1.54) is 0 Å². The van der Waals surface area contributed by atoms with Gasteiger partial charge in [-0.05, 0) is 19.9 Å². The predicted octanol–water partition coefficient (Wildman–Crippen LogP) is 3.77. The van der Waals surface area contributed by atoms with Crippen molar-refractivity contribution in [3.8, 4) is 0 Å². The van der Waals surface area contributed by atoms with Gasteiger partial charge in [-0.1, -0.05) is 23.7 Å². The maximum Gasteiger partial charge on any atom is 0.137 e. The van der Waals surface area contributed by atoms with E-state index in [2.05, 4.69) is 30.2 Å². The summed E-state index contributed by atoms with van der Waals surface area (Å²) in [5.41, 5.74) is 1.02. The Balaban J connectivity index is 2.72. The monoisotopic (exact) mass is 263 g/mol. The van der Waals surface area contributed by atoms with Crippen LogP contribution in [-0.4, -0.2) is 25.1 Å². The molecule has 96 valence electrons. The van der Waals surface area contributed by atoms with Crippen molar-refractivity contribution in [1.29, 1.82) is 0 Å². The van der Waals surface area contributed by atoms with Crippen LogP contribution in [0.3, 0.4) is 0 Å². The van der Waals surface area contributed by atoms with Crippen molar-refractivity contribution < 1.29 is 0 Å². The van der Waals surface area contributed by atoms with E-state index < -0.39 is 0 Å². The van der Waals surface area contributed by atoms with Gasteiger partial charge in [0.25, 0.3) is 0 Å². The van der Waals surface area contributed by atoms with E-state index in [9.17, 15) is 0 Å². The Bertz CT molecular complexity index is 564. The lowest BCUT2D eigenvalue weighted by Crippen LogP contribution is -2.14. The van der Waals surface area contributed by atoms with Crippen molar-refractivity contribution in [2.45, 2.75) is 19.9 Å². The minimum atomic E-state index is 0.360. The number of nitrogens with zero attached hydrogens (tertiary/aromatic N) is 2. The highest BCUT2D eigenvalue weighted by Crippen LogP contribution is 2.34. The van der Waals surface area contributed by atoms with E-state index in [4.69, 9.17) is 11.6 Å². The van der Waals surface area contributed by atoms with E-state index in [0.717, 1.165) is 27.3 Å². The van der Waals surface area contributed by atoms with Crippen molar-refractivity contribution in [3.05, 3.63) is 29.4 Å². The van der Waals surface area contributed by atoms with Crippen molar-refractivity contribution in [2.24, 2.45) is 0 Å². The summed E-state index contributed by atoms with van der Waals surface area (Å²) in [5.74, 6) is 0.893. The fourth-order valence-corrected chi connectivity index (χ4v) is 2.26. The van der Waals surface area contributed by atoms with Gasteiger partial charge in [-0.2, -0.15) is 0 Å². The molecule has 0 saturated carbocycles. The molecular weight excluding hydrogens is 246 g/mol. The molecule has 0 atom stereocenters. The molecule has 4 heteroatoms. The van der Waals surface area contributed by atoms with E-state index in [1.807, 2.05) is 37.3 Å². The maximum atomic E-state index is 6.32. The standard InChI is InChI=1S/C14H18ClN3/c1-9(2)17-12-8-16-14(18(3)4)13-10(12)6-5-7-11(13)15/h5-9,17H,1-4H3. The Hall–Kier alpha value is -1.48. The van der Waals surface area contributed by atoms with Crippen molar-refractivity contribution in [1.82, 2.24) is 4.98 Å². The van der Waals surface area contributed by atoms with Gasteiger partial charge in [0.15, 0.2) is 0 Å². The fraction of sp³-hybridized carbons (Fsp3) is 0.357. The Morgan fingerprint density at radius 3 is 2.61 bits per heavy atom. The van der Waals surface area contributed by atoms with Gasteiger partial charge in [0.1, 0.15) is 5.82 Å². The second kappa shape index (κ2) is 5.02. The van der Waals surface area contributed by atoms with Gasteiger partial charge in [0.05, 0.1) is 16.9 Å². The zero-order chi connectivity index (χ0) is 13.3. The highest BCUT2D eigenvalue weighted by Gasteiger charge is 2.12. The van der Waals surface area contributed by atoms with Crippen LogP contribution in [0.5, 0.6) is 0 Å². The Labute approximate surface area is 113 Å². The van der Waals surface area contributed by atoms with Crippen LogP contribution in [0.1, 0.15) is 13.8 Å². The van der Waals surface area contributed by atoms with Crippen LogP contribution in [0, 0.1) is 0 Å². The van der Waals surface area contributed by atoms with Gasteiger partial charge in [-0.15, -0.1) is 0 Å². The second-order valence-electron chi connectivity index (χ2n) is 4.85. The first-order valence-electron chi connectivity index (χ1n) is 6.01. The van der Waals surface area contributed by atoms with Crippen LogP contribution in [0.2, 0.25) is 5.02 Å². The molecule has 0 unspecified atom stereocenters. The number of anilines is 2. The van der Waals surface area contributed by atoms with Gasteiger partial charge < -0.3 is 10.2 Å². The van der Waals surface area contributed by atoms with Gasteiger partial charge in [0.2, 0.25) is 0 Å². The summed E-state index contributed by atoms with van der Waals surface area (Å²) in [4.78, 5) is 6.48. The Morgan fingerprint density at radius 2 is 2.00 bits per heavy atom. The maximum absolute atomic E-state index is 6.32. The molecule has 0 fully saturated rings. The second-order valence-corrected chi connectivity index (χ2v) is 5.26. The first-order valence-corrected chi connectivity index (χ1v) is 6.39. The topological polar surface area (TPSA) is 28.2 Å². The average Bonchev–Trinajstić information content (AvgIpc) is 2.29. The number of rotatable bonds is 3. The lowest BCUT2D eigenvalue weighted by atomic mass is 10.1. The lowest BCUT2D eigenvalue weighted by molar-refractivity contribution is 0.899. The summed E-state index contributed by atoms with van der Waals surface area (Å²) in [7, 11) is 3.95. The molecule has 0 aliphatic carbocycles.